The number of carbonyl (C=O) groups excluding carboxylic acids is 2. The molecule has 0 saturated heterocycles. The van der Waals surface area contributed by atoms with Gasteiger partial charge in [0, 0.05) is 12.7 Å². The second-order valence-corrected chi connectivity index (χ2v) is 9.26. The summed E-state index contributed by atoms with van der Waals surface area (Å²) in [4.78, 5) is 26.8. The highest BCUT2D eigenvalue weighted by molar-refractivity contribution is 6.42. The number of rotatable bonds is 7. The molecule has 2 aromatic rings. The van der Waals surface area contributed by atoms with E-state index in [9.17, 15) is 9.59 Å². The van der Waals surface area contributed by atoms with Crippen molar-refractivity contribution < 1.29 is 14.3 Å². The molecular formula is C24H30Cl2N2O3. The van der Waals surface area contributed by atoms with Gasteiger partial charge in [0.15, 0.2) is 0 Å². The van der Waals surface area contributed by atoms with Crippen LogP contribution in [0.15, 0.2) is 42.5 Å². The molecule has 0 radical (unpaired) electrons. The minimum Gasteiger partial charge on any atom is -0.444 e. The predicted octanol–water partition coefficient (Wildman–Crippen LogP) is 7.02. The smallest absolute Gasteiger partial charge is 0.410 e. The van der Waals surface area contributed by atoms with Crippen LogP contribution in [-0.2, 0) is 9.53 Å². The van der Waals surface area contributed by atoms with Gasteiger partial charge in [-0.3, -0.25) is 9.69 Å². The van der Waals surface area contributed by atoms with Crippen LogP contribution < -0.4 is 5.32 Å². The van der Waals surface area contributed by atoms with Crippen molar-refractivity contribution in [3.05, 3.63) is 52.5 Å². The van der Waals surface area contributed by atoms with Crippen LogP contribution in [0.3, 0.4) is 0 Å². The van der Waals surface area contributed by atoms with Gasteiger partial charge in [-0.1, -0.05) is 61.2 Å². The number of benzene rings is 2. The molecule has 0 heterocycles. The van der Waals surface area contributed by atoms with Gasteiger partial charge in [0.05, 0.1) is 10.0 Å². The molecule has 5 nitrogen and oxygen atoms in total. The van der Waals surface area contributed by atoms with E-state index in [0.717, 1.165) is 24.0 Å². The van der Waals surface area contributed by atoms with E-state index in [1.807, 2.05) is 37.3 Å². The number of hydrogen-bond acceptors (Lipinski definition) is 3. The maximum absolute atomic E-state index is 13.0. The van der Waals surface area contributed by atoms with Gasteiger partial charge in [-0.25, -0.2) is 4.79 Å². The topological polar surface area (TPSA) is 58.6 Å². The summed E-state index contributed by atoms with van der Waals surface area (Å²) in [6.45, 7) is 7.45. The summed E-state index contributed by atoms with van der Waals surface area (Å²) >= 11 is 12.1. The Bertz CT molecular complexity index is 908. The quantitative estimate of drug-likeness (QED) is 0.478. The second kappa shape index (κ2) is 10.9. The zero-order valence-corrected chi connectivity index (χ0v) is 20.2. The molecule has 2 amide bonds. The fraction of sp³-hybridized carbons (Fsp3) is 0.417. The summed E-state index contributed by atoms with van der Waals surface area (Å²) in [6, 6.07) is 12.2. The highest BCUT2D eigenvalue weighted by atomic mass is 35.5. The molecule has 0 aliphatic carbocycles. The number of nitrogens with one attached hydrogen (secondary N) is 1. The van der Waals surface area contributed by atoms with E-state index >= 15 is 0 Å². The zero-order chi connectivity index (χ0) is 23.2. The first-order valence-electron chi connectivity index (χ1n) is 10.3. The Morgan fingerprint density at radius 3 is 2.19 bits per heavy atom. The lowest BCUT2D eigenvalue weighted by atomic mass is 10.0. The molecule has 31 heavy (non-hydrogen) atoms. The molecule has 0 spiro atoms. The van der Waals surface area contributed by atoms with Gasteiger partial charge in [0.25, 0.3) is 0 Å². The van der Waals surface area contributed by atoms with Gasteiger partial charge < -0.3 is 10.1 Å². The fourth-order valence-corrected chi connectivity index (χ4v) is 3.30. The fourth-order valence-electron chi connectivity index (χ4n) is 3.01. The lowest BCUT2D eigenvalue weighted by Crippen LogP contribution is -2.47. The Labute approximate surface area is 194 Å². The van der Waals surface area contributed by atoms with Crippen molar-refractivity contribution >= 4 is 40.9 Å². The number of nitrogens with zero attached hydrogens (tertiary/aromatic N) is 1. The summed E-state index contributed by atoms with van der Waals surface area (Å²) in [7, 11) is 1.60. The maximum Gasteiger partial charge on any atom is 0.410 e. The minimum atomic E-state index is -0.627. The molecule has 0 aliphatic rings. The Hall–Kier alpha value is -2.24. The van der Waals surface area contributed by atoms with Crippen molar-refractivity contribution in [2.24, 2.45) is 0 Å². The first-order chi connectivity index (χ1) is 14.5. The van der Waals surface area contributed by atoms with Crippen molar-refractivity contribution in [1.82, 2.24) is 4.90 Å². The second-order valence-electron chi connectivity index (χ2n) is 8.44. The third-order valence-corrected chi connectivity index (χ3v) is 5.43. The highest BCUT2D eigenvalue weighted by Gasteiger charge is 2.29. The number of likely N-dealkylation sites (N-methyl/N-ethyl adjacent to an activating group) is 1. The summed E-state index contributed by atoms with van der Waals surface area (Å²) < 4.78 is 5.43. The summed E-state index contributed by atoms with van der Waals surface area (Å²) in [5.41, 5.74) is 1.90. The van der Waals surface area contributed by atoms with Crippen molar-refractivity contribution in [3.63, 3.8) is 0 Å². The molecule has 0 bridgehead atoms. The number of anilines is 1. The molecular weight excluding hydrogens is 435 g/mol. The van der Waals surface area contributed by atoms with Crippen molar-refractivity contribution in [2.75, 3.05) is 12.4 Å². The molecule has 2 aromatic carbocycles. The van der Waals surface area contributed by atoms with Crippen LogP contribution in [0, 0.1) is 0 Å². The Balaban J connectivity index is 2.13. The van der Waals surface area contributed by atoms with Gasteiger partial charge in [-0.05, 0) is 62.6 Å². The van der Waals surface area contributed by atoms with Gasteiger partial charge >= 0.3 is 6.09 Å². The SMILES string of the molecule is CCCC[C@@H](C(=O)Nc1ccc(-c2ccc(Cl)c(Cl)c2)cc1)N(C)C(=O)OC(C)(C)C. The van der Waals surface area contributed by atoms with Crippen molar-refractivity contribution in [3.8, 4) is 11.1 Å². The Morgan fingerprint density at radius 2 is 1.65 bits per heavy atom. The van der Waals surface area contributed by atoms with Gasteiger partial charge in [-0.15, -0.1) is 0 Å². The number of amides is 2. The normalized spacial score (nSPS) is 12.2. The maximum atomic E-state index is 13.0. The standard InChI is InChI=1S/C24H30Cl2N2O3/c1-6-7-8-21(28(5)23(30)31-24(2,3)4)22(29)27-18-12-9-16(10-13-18)17-11-14-19(25)20(26)15-17/h9-15,21H,6-8H2,1-5H3,(H,27,29)/t21-/m0/s1. The van der Waals surface area contributed by atoms with E-state index < -0.39 is 17.7 Å². The first kappa shape index (κ1) is 25.0. The molecule has 2 rings (SSSR count). The number of ether oxygens (including phenoxy) is 1. The van der Waals surface area contributed by atoms with Gasteiger partial charge in [0.2, 0.25) is 5.91 Å². The van der Waals surface area contributed by atoms with Crippen LogP contribution in [0.1, 0.15) is 47.0 Å². The van der Waals surface area contributed by atoms with Gasteiger partial charge in [0.1, 0.15) is 11.6 Å². The first-order valence-corrected chi connectivity index (χ1v) is 11.1. The monoisotopic (exact) mass is 464 g/mol. The van der Waals surface area contributed by atoms with E-state index in [0.29, 0.717) is 22.2 Å². The van der Waals surface area contributed by atoms with Crippen molar-refractivity contribution in [1.29, 1.82) is 0 Å². The third-order valence-electron chi connectivity index (χ3n) is 4.69. The van der Waals surface area contributed by atoms with Gasteiger partial charge in [-0.2, -0.15) is 0 Å². The third kappa shape index (κ3) is 7.44. The number of halogens is 2. The summed E-state index contributed by atoms with van der Waals surface area (Å²) in [6.07, 6.45) is 1.78. The van der Waals surface area contributed by atoms with Crippen LogP contribution in [0.4, 0.5) is 10.5 Å². The average Bonchev–Trinajstić information content (AvgIpc) is 2.69. The largest absolute Gasteiger partial charge is 0.444 e. The van der Waals surface area contributed by atoms with E-state index in [-0.39, 0.29) is 5.91 Å². The van der Waals surface area contributed by atoms with Crippen molar-refractivity contribution in [2.45, 2.75) is 58.6 Å². The molecule has 7 heteroatoms. The van der Waals surface area contributed by atoms with E-state index in [2.05, 4.69) is 5.32 Å². The number of unbranched alkanes of at least 4 members (excludes halogenated alkanes) is 1. The Morgan fingerprint density at radius 1 is 1.03 bits per heavy atom. The van der Waals surface area contributed by atoms with Crippen LogP contribution >= 0.6 is 23.2 Å². The molecule has 1 atom stereocenters. The molecule has 0 aliphatic heterocycles. The highest BCUT2D eigenvalue weighted by Crippen LogP contribution is 2.29. The number of carbonyl (C=O) groups is 2. The van der Waals surface area contributed by atoms with E-state index in [1.54, 1.807) is 40.0 Å². The Kier molecular flexibility index (Phi) is 8.78. The van der Waals surface area contributed by atoms with Crippen LogP contribution in [-0.4, -0.2) is 35.6 Å². The lowest BCUT2D eigenvalue weighted by molar-refractivity contribution is -0.121. The molecule has 1 N–H and O–H groups in total. The molecule has 0 aromatic heterocycles. The molecule has 0 unspecified atom stereocenters. The summed E-state index contributed by atoms with van der Waals surface area (Å²) in [5, 5.41) is 3.90. The van der Waals surface area contributed by atoms with Crippen LogP contribution in [0.2, 0.25) is 10.0 Å². The van der Waals surface area contributed by atoms with E-state index in [1.165, 1.54) is 4.90 Å². The molecule has 168 valence electrons. The zero-order valence-electron chi connectivity index (χ0n) is 18.7. The van der Waals surface area contributed by atoms with E-state index in [4.69, 9.17) is 27.9 Å². The molecule has 0 fully saturated rings. The lowest BCUT2D eigenvalue weighted by Gasteiger charge is -2.30. The van der Waals surface area contributed by atoms with Crippen LogP contribution in [0.25, 0.3) is 11.1 Å². The molecule has 0 saturated carbocycles. The predicted molar refractivity (Wildman–Crippen MR) is 128 cm³/mol. The van der Waals surface area contributed by atoms with Crippen LogP contribution in [0.5, 0.6) is 0 Å². The summed E-state index contributed by atoms with van der Waals surface area (Å²) in [5.74, 6) is -0.246. The average molecular weight is 465 g/mol. The number of hydrogen-bond donors (Lipinski definition) is 1. The minimum absolute atomic E-state index is 0.246.